The van der Waals surface area contributed by atoms with Crippen molar-refractivity contribution >= 4 is 21.6 Å². The lowest BCUT2D eigenvalue weighted by molar-refractivity contribution is 1.32. The predicted octanol–water partition coefficient (Wildman–Crippen LogP) is 3.67. The maximum atomic E-state index is 4.60. The maximum absolute atomic E-state index is 4.60. The molecule has 2 aromatic heterocycles. The van der Waals surface area contributed by atoms with Crippen LogP contribution in [0.3, 0.4) is 0 Å². The van der Waals surface area contributed by atoms with E-state index in [4.69, 9.17) is 0 Å². The van der Waals surface area contributed by atoms with Crippen LogP contribution in [0.4, 0.5) is 0 Å². The van der Waals surface area contributed by atoms with Crippen molar-refractivity contribution in [3.63, 3.8) is 0 Å². The second-order valence-electron chi connectivity index (χ2n) is 3.73. The Morgan fingerprint density at radius 2 is 2.12 bits per heavy atom. The summed E-state index contributed by atoms with van der Waals surface area (Å²) in [6, 6.07) is 10.3. The van der Waals surface area contributed by atoms with Crippen molar-refractivity contribution in [1.82, 2.24) is 9.97 Å². The van der Waals surface area contributed by atoms with Gasteiger partial charge in [0, 0.05) is 18.0 Å². The van der Waals surface area contributed by atoms with Crippen LogP contribution in [0, 0.1) is 6.92 Å². The van der Waals surface area contributed by atoms with Crippen LogP contribution in [0.1, 0.15) is 5.56 Å². The third kappa shape index (κ3) is 1.59. The topological polar surface area (TPSA) is 25.8 Å². The molecule has 0 radical (unpaired) electrons. The van der Waals surface area contributed by atoms with E-state index in [1.807, 2.05) is 18.3 Å². The van der Waals surface area contributed by atoms with Crippen molar-refractivity contribution in [2.45, 2.75) is 6.92 Å². The Kier molecular flexibility index (Phi) is 2.18. The summed E-state index contributed by atoms with van der Waals surface area (Å²) in [5.74, 6) is 0. The highest BCUT2D eigenvalue weighted by Crippen LogP contribution is 2.29. The molecule has 0 saturated carbocycles. The molecule has 0 amide bonds. The molecule has 2 nitrogen and oxygen atoms in total. The molecule has 16 heavy (non-hydrogen) atoms. The van der Waals surface area contributed by atoms with Crippen LogP contribution >= 0.6 is 11.3 Å². The van der Waals surface area contributed by atoms with E-state index in [9.17, 15) is 0 Å². The maximum Gasteiger partial charge on any atom is 0.126 e. The van der Waals surface area contributed by atoms with Crippen LogP contribution in [0.25, 0.3) is 20.8 Å². The summed E-state index contributed by atoms with van der Waals surface area (Å²) in [7, 11) is 0. The number of aryl methyl sites for hydroxylation is 1. The van der Waals surface area contributed by atoms with Gasteiger partial charge in [0.25, 0.3) is 0 Å². The van der Waals surface area contributed by atoms with Gasteiger partial charge >= 0.3 is 0 Å². The molecule has 3 rings (SSSR count). The van der Waals surface area contributed by atoms with Gasteiger partial charge in [0.15, 0.2) is 0 Å². The summed E-state index contributed by atoms with van der Waals surface area (Å²) in [4.78, 5) is 8.72. The number of aromatic nitrogens is 2. The quantitative estimate of drug-likeness (QED) is 0.632. The number of hydrogen-bond acceptors (Lipinski definition) is 3. The number of fused-ring (bicyclic) bond motifs is 1. The highest BCUT2D eigenvalue weighted by atomic mass is 32.1. The van der Waals surface area contributed by atoms with Crippen LogP contribution in [-0.4, -0.2) is 9.97 Å². The Morgan fingerprint density at radius 3 is 2.94 bits per heavy atom. The van der Waals surface area contributed by atoms with E-state index in [1.165, 1.54) is 10.3 Å². The summed E-state index contributed by atoms with van der Waals surface area (Å²) in [6.45, 7) is 2.10. The van der Waals surface area contributed by atoms with E-state index in [0.717, 1.165) is 16.1 Å². The number of thiazole rings is 1. The molecule has 3 aromatic rings. The number of nitrogens with zero attached hydrogens (tertiary/aromatic N) is 2. The molecular formula is C13H10N2S. The average molecular weight is 226 g/mol. The third-order valence-corrected chi connectivity index (χ3v) is 3.52. The van der Waals surface area contributed by atoms with Crippen LogP contribution in [-0.2, 0) is 0 Å². The Bertz CT molecular complexity index is 629. The van der Waals surface area contributed by atoms with Gasteiger partial charge in [-0.05, 0) is 36.8 Å². The summed E-state index contributed by atoms with van der Waals surface area (Å²) >= 11 is 1.71. The monoisotopic (exact) mass is 226 g/mol. The lowest BCUT2D eigenvalue weighted by Crippen LogP contribution is -1.76. The van der Waals surface area contributed by atoms with Gasteiger partial charge in [0.05, 0.1) is 10.2 Å². The second kappa shape index (κ2) is 3.68. The highest BCUT2D eigenvalue weighted by Gasteiger charge is 2.05. The van der Waals surface area contributed by atoms with Crippen molar-refractivity contribution in [2.75, 3.05) is 0 Å². The predicted molar refractivity (Wildman–Crippen MR) is 67.6 cm³/mol. The van der Waals surface area contributed by atoms with Gasteiger partial charge in [-0.25, -0.2) is 4.98 Å². The zero-order valence-corrected chi connectivity index (χ0v) is 9.66. The molecule has 0 fully saturated rings. The summed E-state index contributed by atoms with van der Waals surface area (Å²) in [6.07, 6.45) is 3.63. The summed E-state index contributed by atoms with van der Waals surface area (Å²) in [5.41, 5.74) is 3.42. The molecule has 0 N–H and O–H groups in total. The van der Waals surface area contributed by atoms with Crippen molar-refractivity contribution in [3.8, 4) is 10.6 Å². The number of pyridine rings is 1. The Morgan fingerprint density at radius 1 is 1.19 bits per heavy atom. The smallest absolute Gasteiger partial charge is 0.126 e. The van der Waals surface area contributed by atoms with Crippen LogP contribution in [0.15, 0.2) is 42.7 Å². The first-order valence-electron chi connectivity index (χ1n) is 5.10. The SMILES string of the molecule is Cc1ccc2nc(-c3cccnc3)sc2c1. The zero-order valence-electron chi connectivity index (χ0n) is 8.84. The van der Waals surface area contributed by atoms with E-state index in [-0.39, 0.29) is 0 Å². The first-order chi connectivity index (χ1) is 7.83. The Balaban J connectivity index is 2.19. The molecule has 0 aliphatic rings. The summed E-state index contributed by atoms with van der Waals surface area (Å²) < 4.78 is 1.24. The molecule has 0 aliphatic carbocycles. The van der Waals surface area contributed by atoms with Gasteiger partial charge in [-0.1, -0.05) is 6.07 Å². The van der Waals surface area contributed by atoms with Gasteiger partial charge in [0.1, 0.15) is 5.01 Å². The normalized spacial score (nSPS) is 10.8. The lowest BCUT2D eigenvalue weighted by Gasteiger charge is -1.91. The number of hydrogen-bond donors (Lipinski definition) is 0. The molecule has 78 valence electrons. The molecule has 2 heterocycles. The first-order valence-corrected chi connectivity index (χ1v) is 5.92. The van der Waals surface area contributed by atoms with Crippen LogP contribution in [0.2, 0.25) is 0 Å². The fourth-order valence-electron chi connectivity index (χ4n) is 1.64. The van der Waals surface area contributed by atoms with Crippen molar-refractivity contribution in [3.05, 3.63) is 48.3 Å². The molecular weight excluding hydrogens is 216 g/mol. The second-order valence-corrected chi connectivity index (χ2v) is 4.76. The minimum Gasteiger partial charge on any atom is -0.264 e. The van der Waals surface area contributed by atoms with E-state index in [1.54, 1.807) is 17.5 Å². The van der Waals surface area contributed by atoms with Crippen molar-refractivity contribution in [2.24, 2.45) is 0 Å². The molecule has 0 saturated heterocycles. The van der Waals surface area contributed by atoms with Gasteiger partial charge < -0.3 is 0 Å². The van der Waals surface area contributed by atoms with Crippen molar-refractivity contribution < 1.29 is 0 Å². The van der Waals surface area contributed by atoms with Gasteiger partial charge in [-0.3, -0.25) is 4.98 Å². The highest BCUT2D eigenvalue weighted by molar-refractivity contribution is 7.21. The van der Waals surface area contributed by atoms with Gasteiger partial charge in [-0.2, -0.15) is 0 Å². The molecule has 3 heteroatoms. The van der Waals surface area contributed by atoms with E-state index >= 15 is 0 Å². The van der Waals surface area contributed by atoms with Gasteiger partial charge in [0.2, 0.25) is 0 Å². The average Bonchev–Trinajstić information content (AvgIpc) is 2.73. The minimum absolute atomic E-state index is 1.04. The molecule has 0 bridgehead atoms. The molecule has 0 unspecified atom stereocenters. The van der Waals surface area contributed by atoms with Crippen LogP contribution < -0.4 is 0 Å². The van der Waals surface area contributed by atoms with E-state index in [2.05, 4.69) is 35.1 Å². The number of benzene rings is 1. The van der Waals surface area contributed by atoms with Crippen LogP contribution in [0.5, 0.6) is 0 Å². The largest absolute Gasteiger partial charge is 0.264 e. The third-order valence-electron chi connectivity index (χ3n) is 2.45. The number of rotatable bonds is 1. The van der Waals surface area contributed by atoms with Gasteiger partial charge in [-0.15, -0.1) is 11.3 Å². The molecule has 0 atom stereocenters. The molecule has 0 spiro atoms. The van der Waals surface area contributed by atoms with E-state index < -0.39 is 0 Å². The zero-order chi connectivity index (χ0) is 11.0. The fourth-order valence-corrected chi connectivity index (χ4v) is 2.70. The minimum atomic E-state index is 1.04. The molecule has 0 aliphatic heterocycles. The first kappa shape index (κ1) is 9.48. The van der Waals surface area contributed by atoms with E-state index in [0.29, 0.717) is 0 Å². The standard InChI is InChI=1S/C13H10N2S/c1-9-4-5-11-12(7-9)16-13(15-11)10-3-2-6-14-8-10/h2-8H,1H3. The van der Waals surface area contributed by atoms with Crippen molar-refractivity contribution in [1.29, 1.82) is 0 Å². The summed E-state index contributed by atoms with van der Waals surface area (Å²) in [5, 5.41) is 1.04. The Hall–Kier alpha value is -1.74. The lowest BCUT2D eigenvalue weighted by atomic mass is 10.2. The fraction of sp³-hybridized carbons (Fsp3) is 0.0769. The molecule has 1 aromatic carbocycles. The Labute approximate surface area is 97.6 Å².